The molecule has 0 spiro atoms. The lowest BCUT2D eigenvalue weighted by Gasteiger charge is -2.24. The van der Waals surface area contributed by atoms with E-state index in [2.05, 4.69) is 40.2 Å². The Kier molecular flexibility index (Phi) is 6.25. The molecule has 0 aromatic heterocycles. The number of rotatable bonds is 6. The lowest BCUT2D eigenvalue weighted by Crippen LogP contribution is -2.15. The maximum Gasteiger partial charge on any atom is 0.163 e. The molecule has 0 aliphatic heterocycles. The van der Waals surface area contributed by atoms with Gasteiger partial charge in [0, 0.05) is 22.4 Å². The highest BCUT2D eigenvalue weighted by Crippen LogP contribution is 2.40. The van der Waals surface area contributed by atoms with Crippen LogP contribution in [0.2, 0.25) is 0 Å². The van der Waals surface area contributed by atoms with Crippen LogP contribution in [0, 0.1) is 11.3 Å². The Hall–Kier alpha value is -3.74. The highest BCUT2D eigenvalue weighted by molar-refractivity contribution is 9.10. The molecule has 0 unspecified atom stereocenters. The van der Waals surface area contributed by atoms with Crippen LogP contribution in [0.5, 0.6) is 0 Å². The molecule has 2 atom stereocenters. The molecule has 5 aromatic rings. The summed E-state index contributed by atoms with van der Waals surface area (Å²) < 4.78 is 0.933. The van der Waals surface area contributed by atoms with Gasteiger partial charge in [-0.25, -0.2) is 0 Å². The third kappa shape index (κ3) is 4.38. The average molecular weight is 504 g/mol. The van der Waals surface area contributed by atoms with Crippen molar-refractivity contribution in [2.45, 2.75) is 18.3 Å². The van der Waals surface area contributed by atoms with Crippen LogP contribution >= 0.6 is 15.9 Å². The predicted octanol–water partition coefficient (Wildman–Crippen LogP) is 8.42. The van der Waals surface area contributed by atoms with Crippen LogP contribution in [0.4, 0.5) is 0 Å². The highest BCUT2D eigenvalue weighted by atomic mass is 79.9. The minimum Gasteiger partial charge on any atom is -0.294 e. The van der Waals surface area contributed by atoms with Gasteiger partial charge in [0.25, 0.3) is 0 Å². The van der Waals surface area contributed by atoms with Gasteiger partial charge in [0.05, 0.1) is 12.0 Å². The summed E-state index contributed by atoms with van der Waals surface area (Å²) in [6.45, 7) is 0. The van der Waals surface area contributed by atoms with Crippen molar-refractivity contribution in [3.05, 3.63) is 130 Å². The third-order valence-corrected chi connectivity index (χ3v) is 6.95. The Balaban J connectivity index is 1.58. The summed E-state index contributed by atoms with van der Waals surface area (Å²) >= 11 is 3.57. The molecular formula is C31H22BrNO. The average Bonchev–Trinajstić information content (AvgIpc) is 2.88. The number of hydrogen-bond donors (Lipinski definition) is 0. The molecule has 0 aliphatic rings. The Labute approximate surface area is 207 Å². The molecule has 3 heteroatoms. The van der Waals surface area contributed by atoms with Crippen molar-refractivity contribution in [3.63, 3.8) is 0 Å². The van der Waals surface area contributed by atoms with E-state index in [4.69, 9.17) is 0 Å². The fraction of sp³-hybridized carbons (Fsp3) is 0.0968. The molecule has 0 fully saturated rings. The summed E-state index contributed by atoms with van der Waals surface area (Å²) in [6, 6.07) is 38.5. The van der Waals surface area contributed by atoms with Crippen molar-refractivity contribution in [1.29, 1.82) is 5.26 Å². The molecule has 34 heavy (non-hydrogen) atoms. The Morgan fingerprint density at radius 2 is 1.47 bits per heavy atom. The summed E-state index contributed by atoms with van der Waals surface area (Å²) in [5, 5.41) is 14.7. The molecule has 0 aliphatic carbocycles. The van der Waals surface area contributed by atoms with Crippen molar-refractivity contribution in [2.24, 2.45) is 0 Å². The number of fused-ring (bicyclic) bond motifs is 2. The monoisotopic (exact) mass is 503 g/mol. The zero-order valence-corrected chi connectivity index (χ0v) is 20.1. The van der Waals surface area contributed by atoms with E-state index in [9.17, 15) is 10.1 Å². The number of carbonyl (C=O) groups is 1. The van der Waals surface area contributed by atoms with Gasteiger partial charge in [-0.2, -0.15) is 5.26 Å². The molecular weight excluding hydrogens is 482 g/mol. The number of ketones is 1. The summed E-state index contributed by atoms with van der Waals surface area (Å²) in [7, 11) is 0. The van der Waals surface area contributed by atoms with E-state index >= 15 is 0 Å². The first-order valence-corrected chi connectivity index (χ1v) is 12.1. The Bertz CT molecular complexity index is 1540. The van der Waals surface area contributed by atoms with Crippen molar-refractivity contribution in [2.75, 3.05) is 0 Å². The smallest absolute Gasteiger partial charge is 0.163 e. The Morgan fingerprint density at radius 1 is 0.765 bits per heavy atom. The molecule has 2 nitrogen and oxygen atoms in total. The van der Waals surface area contributed by atoms with Crippen molar-refractivity contribution < 1.29 is 4.79 Å². The summed E-state index contributed by atoms with van der Waals surface area (Å²) in [4.78, 5) is 13.6. The molecule has 0 saturated heterocycles. The molecule has 164 valence electrons. The lowest BCUT2D eigenvalue weighted by atomic mass is 9.77. The minimum atomic E-state index is -0.468. The molecule has 0 bridgehead atoms. The summed E-state index contributed by atoms with van der Waals surface area (Å²) in [5.74, 6) is -0.715. The molecule has 0 N–H and O–H groups in total. The standard InChI is InChI=1S/C31H22BrNO/c32-26-12-5-11-24(18-26)29(19-31(34)25-16-15-21-7-1-2-9-23(21)17-25)30(20-33)28-14-6-10-22-8-3-4-13-27(22)28/h1-18,29-30H,19H2/t29-,30+/m1/s1. The number of nitriles is 1. The second-order valence-corrected chi connectivity index (χ2v) is 9.44. The first kappa shape index (κ1) is 22.1. The molecule has 0 amide bonds. The summed E-state index contributed by atoms with van der Waals surface area (Å²) in [6.07, 6.45) is 0.246. The molecule has 0 saturated carbocycles. The second kappa shape index (κ2) is 9.63. The summed E-state index contributed by atoms with van der Waals surface area (Å²) in [5.41, 5.74) is 2.60. The highest BCUT2D eigenvalue weighted by Gasteiger charge is 2.29. The van der Waals surface area contributed by atoms with Crippen molar-refractivity contribution >= 4 is 43.3 Å². The third-order valence-electron chi connectivity index (χ3n) is 6.45. The Morgan fingerprint density at radius 3 is 2.26 bits per heavy atom. The van der Waals surface area contributed by atoms with Gasteiger partial charge in [-0.3, -0.25) is 4.79 Å². The lowest BCUT2D eigenvalue weighted by molar-refractivity contribution is 0.0972. The number of halogens is 1. The van der Waals surface area contributed by atoms with Gasteiger partial charge in [0.2, 0.25) is 0 Å². The molecule has 5 rings (SSSR count). The number of nitrogens with zero attached hydrogens (tertiary/aromatic N) is 1. The van der Waals surface area contributed by atoms with E-state index in [1.54, 1.807) is 0 Å². The van der Waals surface area contributed by atoms with Crippen LogP contribution < -0.4 is 0 Å². The van der Waals surface area contributed by atoms with Crippen molar-refractivity contribution in [3.8, 4) is 6.07 Å². The number of benzene rings is 5. The van der Waals surface area contributed by atoms with Gasteiger partial charge >= 0.3 is 0 Å². The van der Waals surface area contributed by atoms with Gasteiger partial charge in [-0.15, -0.1) is 0 Å². The van der Waals surface area contributed by atoms with E-state index in [1.165, 1.54) is 0 Å². The van der Waals surface area contributed by atoms with E-state index in [1.807, 2.05) is 91.0 Å². The van der Waals surface area contributed by atoms with Gasteiger partial charge < -0.3 is 0 Å². The zero-order chi connectivity index (χ0) is 23.5. The first-order chi connectivity index (χ1) is 16.6. The van der Waals surface area contributed by atoms with Crippen molar-refractivity contribution in [1.82, 2.24) is 0 Å². The number of hydrogen-bond acceptors (Lipinski definition) is 2. The van der Waals surface area contributed by atoms with Crippen LogP contribution in [-0.4, -0.2) is 5.78 Å². The quantitative estimate of drug-likeness (QED) is 0.218. The van der Waals surface area contributed by atoms with E-state index in [-0.39, 0.29) is 18.1 Å². The fourth-order valence-electron chi connectivity index (χ4n) is 4.74. The van der Waals surface area contributed by atoms with Gasteiger partial charge in [-0.1, -0.05) is 107 Å². The first-order valence-electron chi connectivity index (χ1n) is 11.3. The van der Waals surface area contributed by atoms with Gasteiger partial charge in [0.15, 0.2) is 5.78 Å². The largest absolute Gasteiger partial charge is 0.294 e. The van der Waals surface area contributed by atoms with Gasteiger partial charge in [-0.05, 0) is 50.9 Å². The van der Waals surface area contributed by atoms with Crippen LogP contribution in [-0.2, 0) is 0 Å². The predicted molar refractivity (Wildman–Crippen MR) is 142 cm³/mol. The SMILES string of the molecule is N#C[C@@H](c1cccc2ccccc12)[C@H](CC(=O)c1ccc2ccccc2c1)c1cccc(Br)c1. The fourth-order valence-corrected chi connectivity index (χ4v) is 5.16. The topological polar surface area (TPSA) is 40.9 Å². The number of carbonyl (C=O) groups excluding carboxylic acids is 1. The van der Waals surface area contributed by atoms with Crippen LogP contribution in [0.1, 0.15) is 39.7 Å². The molecule has 0 radical (unpaired) electrons. The van der Waals surface area contributed by atoms with Crippen LogP contribution in [0.15, 0.2) is 114 Å². The number of Topliss-reactive ketones (excluding diaryl/α,β-unsaturated/α-hetero) is 1. The second-order valence-electron chi connectivity index (χ2n) is 8.53. The normalized spacial score (nSPS) is 12.8. The van der Waals surface area contributed by atoms with E-state index in [0.717, 1.165) is 37.1 Å². The maximum absolute atomic E-state index is 13.6. The maximum atomic E-state index is 13.6. The molecule has 5 aromatic carbocycles. The molecule has 0 heterocycles. The van der Waals surface area contributed by atoms with Crippen LogP contribution in [0.25, 0.3) is 21.5 Å². The van der Waals surface area contributed by atoms with Gasteiger partial charge in [0.1, 0.15) is 0 Å². The van der Waals surface area contributed by atoms with Crippen LogP contribution in [0.3, 0.4) is 0 Å². The van der Waals surface area contributed by atoms with E-state index in [0.29, 0.717) is 5.56 Å². The zero-order valence-electron chi connectivity index (χ0n) is 18.5. The minimum absolute atomic E-state index is 0.0382. The van der Waals surface area contributed by atoms with E-state index < -0.39 is 5.92 Å².